The number of pyridine rings is 1. The van der Waals surface area contributed by atoms with E-state index in [-0.39, 0.29) is 5.69 Å². The van der Waals surface area contributed by atoms with Crippen LogP contribution in [0.25, 0.3) is 11.0 Å². The van der Waals surface area contributed by atoms with Gasteiger partial charge >= 0.3 is 5.97 Å². The molecule has 0 atom stereocenters. The molecule has 0 spiro atoms. The van der Waals surface area contributed by atoms with E-state index in [2.05, 4.69) is 19.9 Å². The van der Waals surface area contributed by atoms with E-state index in [4.69, 9.17) is 5.11 Å². The van der Waals surface area contributed by atoms with E-state index < -0.39 is 5.97 Å². The van der Waals surface area contributed by atoms with Crippen LogP contribution >= 0.6 is 0 Å². The molecular weight excluding hydrogens is 244 g/mol. The summed E-state index contributed by atoms with van der Waals surface area (Å²) >= 11 is 0. The Kier molecular flexibility index (Phi) is 2.98. The van der Waals surface area contributed by atoms with Crippen molar-refractivity contribution in [2.75, 3.05) is 18.0 Å². The lowest BCUT2D eigenvalue weighted by Crippen LogP contribution is -2.30. The lowest BCUT2D eigenvalue weighted by molar-refractivity contribution is 0.0691. The number of hydrogen-bond acceptors (Lipinski definition) is 5. The van der Waals surface area contributed by atoms with Gasteiger partial charge in [0, 0.05) is 13.1 Å². The number of nitrogens with zero attached hydrogens (tertiary/aromatic N) is 4. The van der Waals surface area contributed by atoms with Crippen molar-refractivity contribution in [2.24, 2.45) is 0 Å². The van der Waals surface area contributed by atoms with Crippen LogP contribution in [0.2, 0.25) is 0 Å². The summed E-state index contributed by atoms with van der Waals surface area (Å²) in [4.78, 5) is 25.8. The molecule has 1 fully saturated rings. The molecule has 0 saturated carbocycles. The largest absolute Gasteiger partial charge is 0.477 e. The van der Waals surface area contributed by atoms with Crippen LogP contribution in [0.3, 0.4) is 0 Å². The number of carbonyl (C=O) groups is 1. The Labute approximate surface area is 110 Å². The van der Waals surface area contributed by atoms with Gasteiger partial charge in [-0.25, -0.2) is 19.7 Å². The first-order valence-electron chi connectivity index (χ1n) is 6.36. The molecule has 6 heteroatoms. The smallest absolute Gasteiger partial charge is 0.354 e. The molecule has 1 aliphatic heterocycles. The average Bonchev–Trinajstić information content (AvgIpc) is 2.47. The summed E-state index contributed by atoms with van der Waals surface area (Å²) in [6.45, 7) is 1.96. The van der Waals surface area contributed by atoms with E-state index in [1.54, 1.807) is 12.3 Å². The first-order valence-corrected chi connectivity index (χ1v) is 6.36. The highest BCUT2D eigenvalue weighted by atomic mass is 16.4. The van der Waals surface area contributed by atoms with Crippen LogP contribution in [0.4, 0.5) is 5.95 Å². The van der Waals surface area contributed by atoms with Gasteiger partial charge in [-0.05, 0) is 31.4 Å². The Bertz CT molecular complexity index is 623. The summed E-state index contributed by atoms with van der Waals surface area (Å²) in [6, 6.07) is 3.15. The Morgan fingerprint density at radius 2 is 1.89 bits per heavy atom. The number of piperidine rings is 1. The van der Waals surface area contributed by atoms with Gasteiger partial charge in [0.25, 0.3) is 0 Å². The molecule has 3 heterocycles. The lowest BCUT2D eigenvalue weighted by Gasteiger charge is -2.26. The van der Waals surface area contributed by atoms with Crippen molar-refractivity contribution in [2.45, 2.75) is 19.3 Å². The molecule has 19 heavy (non-hydrogen) atoms. The second-order valence-corrected chi connectivity index (χ2v) is 4.62. The molecule has 1 N–H and O–H groups in total. The summed E-state index contributed by atoms with van der Waals surface area (Å²) in [6.07, 6.45) is 5.18. The fraction of sp³-hybridized carbons (Fsp3) is 0.385. The number of carboxylic acid groups (broad SMARTS) is 1. The maximum absolute atomic E-state index is 10.8. The summed E-state index contributed by atoms with van der Waals surface area (Å²) in [5.74, 6) is -0.334. The molecule has 0 bridgehead atoms. The van der Waals surface area contributed by atoms with Gasteiger partial charge in [-0.2, -0.15) is 0 Å². The standard InChI is InChI=1S/C13H14N4O2/c18-12(19)10-5-4-9-11(15-10)8-14-13(16-9)17-6-2-1-3-7-17/h4-5,8H,1-3,6-7H2,(H,18,19). The van der Waals surface area contributed by atoms with E-state index in [1.165, 1.54) is 12.5 Å². The monoisotopic (exact) mass is 258 g/mol. The van der Waals surface area contributed by atoms with Crippen LogP contribution in [0, 0.1) is 0 Å². The fourth-order valence-electron chi connectivity index (χ4n) is 2.28. The molecule has 1 aliphatic rings. The molecule has 0 radical (unpaired) electrons. The van der Waals surface area contributed by atoms with Crippen LogP contribution in [-0.2, 0) is 0 Å². The number of carboxylic acids is 1. The second kappa shape index (κ2) is 4.79. The van der Waals surface area contributed by atoms with Gasteiger partial charge in [0.1, 0.15) is 11.2 Å². The maximum Gasteiger partial charge on any atom is 0.354 e. The predicted molar refractivity (Wildman–Crippen MR) is 70.4 cm³/mol. The third-order valence-corrected chi connectivity index (χ3v) is 3.28. The van der Waals surface area contributed by atoms with Crippen molar-refractivity contribution in [3.63, 3.8) is 0 Å². The van der Waals surface area contributed by atoms with Crippen LogP contribution in [-0.4, -0.2) is 39.1 Å². The second-order valence-electron chi connectivity index (χ2n) is 4.62. The minimum absolute atomic E-state index is 0.0156. The summed E-state index contributed by atoms with van der Waals surface area (Å²) in [7, 11) is 0. The minimum atomic E-state index is -1.04. The third-order valence-electron chi connectivity index (χ3n) is 3.28. The van der Waals surface area contributed by atoms with Crippen LogP contribution in [0.15, 0.2) is 18.3 Å². The summed E-state index contributed by atoms with van der Waals surface area (Å²) < 4.78 is 0. The van der Waals surface area contributed by atoms with Gasteiger partial charge < -0.3 is 10.0 Å². The SMILES string of the molecule is O=C(O)c1ccc2nc(N3CCCCC3)ncc2n1. The van der Waals surface area contributed by atoms with E-state index in [1.807, 2.05) is 0 Å². The summed E-state index contributed by atoms with van der Waals surface area (Å²) in [5.41, 5.74) is 1.21. The number of fused-ring (bicyclic) bond motifs is 1. The molecule has 0 amide bonds. The van der Waals surface area contributed by atoms with Crippen molar-refractivity contribution >= 4 is 23.0 Å². The number of aromatic nitrogens is 3. The molecule has 1 saturated heterocycles. The zero-order valence-corrected chi connectivity index (χ0v) is 10.4. The normalized spacial score (nSPS) is 15.7. The number of hydrogen-bond donors (Lipinski definition) is 1. The van der Waals surface area contributed by atoms with Crippen molar-refractivity contribution in [3.8, 4) is 0 Å². The van der Waals surface area contributed by atoms with Crippen LogP contribution < -0.4 is 4.90 Å². The van der Waals surface area contributed by atoms with Gasteiger partial charge in [0.15, 0.2) is 0 Å². The van der Waals surface area contributed by atoms with Crippen molar-refractivity contribution in [3.05, 3.63) is 24.0 Å². The highest BCUT2D eigenvalue weighted by Gasteiger charge is 2.14. The molecule has 6 nitrogen and oxygen atoms in total. The third kappa shape index (κ3) is 2.33. The molecule has 3 rings (SSSR count). The predicted octanol–water partition coefficient (Wildman–Crippen LogP) is 1.71. The minimum Gasteiger partial charge on any atom is -0.477 e. The maximum atomic E-state index is 10.8. The summed E-state index contributed by atoms with van der Waals surface area (Å²) in [5, 5.41) is 8.89. The molecule has 2 aromatic heterocycles. The topological polar surface area (TPSA) is 79.2 Å². The van der Waals surface area contributed by atoms with Gasteiger partial charge in [-0.1, -0.05) is 0 Å². The quantitative estimate of drug-likeness (QED) is 0.883. The van der Waals surface area contributed by atoms with E-state index in [0.717, 1.165) is 25.9 Å². The molecular formula is C13H14N4O2. The van der Waals surface area contributed by atoms with Crippen LogP contribution in [0.1, 0.15) is 29.8 Å². The Balaban J connectivity index is 1.97. The highest BCUT2D eigenvalue weighted by molar-refractivity contribution is 5.88. The first-order chi connectivity index (χ1) is 9.24. The molecule has 0 aliphatic carbocycles. The van der Waals surface area contributed by atoms with Gasteiger partial charge in [0.05, 0.1) is 11.7 Å². The lowest BCUT2D eigenvalue weighted by atomic mass is 10.1. The average molecular weight is 258 g/mol. The Morgan fingerprint density at radius 1 is 1.11 bits per heavy atom. The fourth-order valence-corrected chi connectivity index (χ4v) is 2.28. The van der Waals surface area contributed by atoms with E-state index in [0.29, 0.717) is 17.0 Å². The molecule has 98 valence electrons. The molecule has 0 unspecified atom stereocenters. The van der Waals surface area contributed by atoms with Crippen molar-refractivity contribution in [1.29, 1.82) is 0 Å². The number of anilines is 1. The van der Waals surface area contributed by atoms with Gasteiger partial charge in [-0.3, -0.25) is 0 Å². The number of rotatable bonds is 2. The number of aromatic carboxylic acids is 1. The molecule has 2 aromatic rings. The first kappa shape index (κ1) is 11.8. The zero-order chi connectivity index (χ0) is 13.2. The Morgan fingerprint density at radius 3 is 2.63 bits per heavy atom. The Hall–Kier alpha value is -2.24. The van der Waals surface area contributed by atoms with Crippen molar-refractivity contribution in [1.82, 2.24) is 15.0 Å². The zero-order valence-electron chi connectivity index (χ0n) is 10.4. The van der Waals surface area contributed by atoms with E-state index in [9.17, 15) is 4.79 Å². The molecule has 0 aromatic carbocycles. The van der Waals surface area contributed by atoms with Gasteiger partial charge in [0.2, 0.25) is 5.95 Å². The van der Waals surface area contributed by atoms with Crippen LogP contribution in [0.5, 0.6) is 0 Å². The highest BCUT2D eigenvalue weighted by Crippen LogP contribution is 2.18. The van der Waals surface area contributed by atoms with E-state index >= 15 is 0 Å². The van der Waals surface area contributed by atoms with Crippen molar-refractivity contribution < 1.29 is 9.90 Å². The van der Waals surface area contributed by atoms with Gasteiger partial charge in [-0.15, -0.1) is 0 Å².